The SMILES string of the molecule is COc1nc(C)c(-c2nc3c(s2)C=CC=CC3)c(NC2CCC(CO)C2)n1. The lowest BCUT2D eigenvalue weighted by molar-refractivity contribution is 0.229. The van der Waals surface area contributed by atoms with Crippen LogP contribution in [-0.4, -0.2) is 39.8 Å². The van der Waals surface area contributed by atoms with Crippen molar-refractivity contribution in [1.82, 2.24) is 15.0 Å². The summed E-state index contributed by atoms with van der Waals surface area (Å²) in [6, 6.07) is 0.650. The topological polar surface area (TPSA) is 80.2 Å². The molecule has 7 heteroatoms. The van der Waals surface area contributed by atoms with Gasteiger partial charge in [0.05, 0.1) is 28.9 Å². The Balaban J connectivity index is 1.71. The Morgan fingerprint density at radius 1 is 1.26 bits per heavy atom. The molecule has 0 spiro atoms. The van der Waals surface area contributed by atoms with Crippen LogP contribution in [0.5, 0.6) is 6.01 Å². The van der Waals surface area contributed by atoms with Gasteiger partial charge in [-0.1, -0.05) is 18.2 Å². The average molecular weight is 385 g/mol. The van der Waals surface area contributed by atoms with E-state index in [1.165, 1.54) is 4.88 Å². The van der Waals surface area contributed by atoms with Gasteiger partial charge >= 0.3 is 6.01 Å². The van der Waals surface area contributed by atoms with Gasteiger partial charge in [0, 0.05) is 19.1 Å². The lowest BCUT2D eigenvalue weighted by Crippen LogP contribution is -2.18. The van der Waals surface area contributed by atoms with Crippen LogP contribution in [0, 0.1) is 12.8 Å². The minimum Gasteiger partial charge on any atom is -0.467 e. The quantitative estimate of drug-likeness (QED) is 0.820. The molecule has 2 aromatic rings. The number of hydrogen-bond donors (Lipinski definition) is 2. The monoisotopic (exact) mass is 384 g/mol. The molecule has 0 radical (unpaired) electrons. The molecule has 142 valence electrons. The standard InChI is InChI=1S/C20H24N4O2S/c1-12-17(19-23-15-6-4-3-5-7-16(15)27-19)18(24-20(21-12)26-2)22-14-9-8-13(10-14)11-25/h3-5,7,13-14,25H,6,8-11H2,1-2H3,(H,21,22,24). The Hall–Kier alpha value is -2.25. The van der Waals surface area contributed by atoms with Crippen LogP contribution >= 0.6 is 11.3 Å². The highest BCUT2D eigenvalue weighted by Gasteiger charge is 2.27. The number of fused-ring (bicyclic) bond motifs is 1. The number of aromatic nitrogens is 3. The summed E-state index contributed by atoms with van der Waals surface area (Å²) in [7, 11) is 1.58. The van der Waals surface area contributed by atoms with Crippen molar-refractivity contribution in [2.45, 2.75) is 38.6 Å². The molecule has 4 rings (SSSR count). The zero-order valence-electron chi connectivity index (χ0n) is 15.6. The number of thiazole rings is 1. The average Bonchev–Trinajstić information content (AvgIpc) is 3.22. The summed E-state index contributed by atoms with van der Waals surface area (Å²) in [5, 5.41) is 13.9. The van der Waals surface area contributed by atoms with E-state index in [9.17, 15) is 5.11 Å². The van der Waals surface area contributed by atoms with Crippen LogP contribution in [0.2, 0.25) is 0 Å². The highest BCUT2D eigenvalue weighted by molar-refractivity contribution is 7.16. The predicted molar refractivity (Wildman–Crippen MR) is 108 cm³/mol. The first kappa shape index (κ1) is 18.1. The third-order valence-electron chi connectivity index (χ3n) is 5.14. The zero-order chi connectivity index (χ0) is 18.8. The first-order chi connectivity index (χ1) is 13.2. The predicted octanol–water partition coefficient (Wildman–Crippen LogP) is 3.62. The molecule has 0 aliphatic heterocycles. The van der Waals surface area contributed by atoms with Crippen molar-refractivity contribution < 1.29 is 9.84 Å². The van der Waals surface area contributed by atoms with E-state index in [0.717, 1.165) is 53.5 Å². The lowest BCUT2D eigenvalue weighted by Gasteiger charge is -2.17. The molecule has 2 aliphatic rings. The molecule has 1 fully saturated rings. The van der Waals surface area contributed by atoms with Gasteiger partial charge < -0.3 is 15.2 Å². The first-order valence-electron chi connectivity index (χ1n) is 9.31. The summed E-state index contributed by atoms with van der Waals surface area (Å²) in [5.74, 6) is 1.13. The van der Waals surface area contributed by atoms with Crippen molar-refractivity contribution in [3.8, 4) is 16.6 Å². The number of rotatable bonds is 5. The third kappa shape index (κ3) is 3.75. The molecule has 27 heavy (non-hydrogen) atoms. The van der Waals surface area contributed by atoms with E-state index in [2.05, 4.69) is 39.6 Å². The smallest absolute Gasteiger partial charge is 0.318 e. The molecule has 0 saturated heterocycles. The van der Waals surface area contributed by atoms with E-state index >= 15 is 0 Å². The van der Waals surface area contributed by atoms with Crippen LogP contribution in [-0.2, 0) is 6.42 Å². The van der Waals surface area contributed by atoms with Crippen molar-refractivity contribution in [2.24, 2.45) is 5.92 Å². The number of aliphatic hydroxyl groups is 1. The van der Waals surface area contributed by atoms with Crippen molar-refractivity contribution in [1.29, 1.82) is 0 Å². The van der Waals surface area contributed by atoms with Crippen molar-refractivity contribution >= 4 is 23.2 Å². The molecular weight excluding hydrogens is 360 g/mol. The van der Waals surface area contributed by atoms with Crippen LogP contribution in [0.3, 0.4) is 0 Å². The summed E-state index contributed by atoms with van der Waals surface area (Å²) >= 11 is 1.67. The highest BCUT2D eigenvalue weighted by Crippen LogP contribution is 2.38. The fourth-order valence-electron chi connectivity index (χ4n) is 3.71. The molecule has 2 unspecified atom stereocenters. The molecule has 0 bridgehead atoms. The van der Waals surface area contributed by atoms with Gasteiger partial charge in [0.2, 0.25) is 0 Å². The van der Waals surface area contributed by atoms with Gasteiger partial charge in [0.25, 0.3) is 0 Å². The molecule has 2 aliphatic carbocycles. The van der Waals surface area contributed by atoms with Gasteiger partial charge in [0.15, 0.2) is 0 Å². The maximum atomic E-state index is 9.43. The van der Waals surface area contributed by atoms with E-state index in [-0.39, 0.29) is 6.61 Å². The molecule has 2 N–H and O–H groups in total. The largest absolute Gasteiger partial charge is 0.467 e. The Bertz CT molecular complexity index is 890. The molecule has 1 saturated carbocycles. The van der Waals surface area contributed by atoms with Crippen LogP contribution in [0.1, 0.15) is 35.5 Å². The Morgan fingerprint density at radius 3 is 2.93 bits per heavy atom. The normalized spacial score (nSPS) is 21.1. The number of allylic oxidation sites excluding steroid dienone is 3. The van der Waals surface area contributed by atoms with E-state index in [1.807, 2.05) is 6.92 Å². The van der Waals surface area contributed by atoms with Crippen LogP contribution in [0.15, 0.2) is 18.2 Å². The van der Waals surface area contributed by atoms with Crippen molar-refractivity contribution in [3.05, 3.63) is 34.5 Å². The Morgan fingerprint density at radius 2 is 2.15 bits per heavy atom. The second kappa shape index (κ2) is 7.78. The minimum atomic E-state index is 0.246. The highest BCUT2D eigenvalue weighted by atomic mass is 32.1. The summed E-state index contributed by atoms with van der Waals surface area (Å²) in [6.07, 6.45) is 12.2. The number of aliphatic hydroxyl groups excluding tert-OH is 1. The van der Waals surface area contributed by atoms with Gasteiger partial charge in [-0.05, 0) is 38.2 Å². The second-order valence-corrected chi connectivity index (χ2v) is 8.07. The molecule has 6 nitrogen and oxygen atoms in total. The lowest BCUT2D eigenvalue weighted by atomic mass is 10.1. The third-order valence-corrected chi connectivity index (χ3v) is 6.22. The number of hydrogen-bond acceptors (Lipinski definition) is 7. The van der Waals surface area contributed by atoms with E-state index in [1.54, 1.807) is 18.4 Å². The summed E-state index contributed by atoms with van der Waals surface area (Å²) in [4.78, 5) is 15.1. The van der Waals surface area contributed by atoms with E-state index in [0.29, 0.717) is 18.0 Å². The maximum Gasteiger partial charge on any atom is 0.318 e. The molecule has 0 aromatic carbocycles. The molecule has 2 heterocycles. The fraction of sp³-hybridized carbons (Fsp3) is 0.450. The number of anilines is 1. The number of aryl methyl sites for hydroxylation is 1. The fourth-order valence-corrected chi connectivity index (χ4v) is 4.82. The van der Waals surface area contributed by atoms with Gasteiger partial charge in [-0.2, -0.15) is 9.97 Å². The minimum absolute atomic E-state index is 0.246. The van der Waals surface area contributed by atoms with Crippen LogP contribution in [0.4, 0.5) is 5.82 Å². The zero-order valence-corrected chi connectivity index (χ0v) is 16.4. The van der Waals surface area contributed by atoms with Gasteiger partial charge in [-0.3, -0.25) is 0 Å². The van der Waals surface area contributed by atoms with E-state index in [4.69, 9.17) is 9.72 Å². The Labute approximate surface area is 163 Å². The van der Waals surface area contributed by atoms with Gasteiger partial charge in [-0.15, -0.1) is 11.3 Å². The maximum absolute atomic E-state index is 9.43. The molecule has 0 amide bonds. The number of ether oxygens (including phenoxy) is 1. The van der Waals surface area contributed by atoms with Crippen LogP contribution in [0.25, 0.3) is 16.6 Å². The second-order valence-electron chi connectivity index (χ2n) is 7.04. The number of nitrogens with one attached hydrogen (secondary N) is 1. The van der Waals surface area contributed by atoms with E-state index < -0.39 is 0 Å². The van der Waals surface area contributed by atoms with Crippen molar-refractivity contribution in [2.75, 3.05) is 19.0 Å². The van der Waals surface area contributed by atoms with Crippen LogP contribution < -0.4 is 10.1 Å². The Kier molecular flexibility index (Phi) is 5.22. The van der Waals surface area contributed by atoms with Crippen molar-refractivity contribution in [3.63, 3.8) is 0 Å². The van der Waals surface area contributed by atoms with Gasteiger partial charge in [-0.25, -0.2) is 4.98 Å². The number of methoxy groups -OCH3 is 1. The summed E-state index contributed by atoms with van der Waals surface area (Å²) in [5.41, 5.74) is 2.88. The van der Waals surface area contributed by atoms with Gasteiger partial charge in [0.1, 0.15) is 10.8 Å². The molecular formula is C20H24N4O2S. The summed E-state index contributed by atoms with van der Waals surface area (Å²) in [6.45, 7) is 2.22. The molecule has 2 atom stereocenters. The number of nitrogens with zero attached hydrogens (tertiary/aromatic N) is 3. The first-order valence-corrected chi connectivity index (χ1v) is 10.1. The summed E-state index contributed by atoms with van der Waals surface area (Å²) < 4.78 is 5.29. The molecule has 2 aromatic heterocycles.